The van der Waals surface area contributed by atoms with Gasteiger partial charge in [0, 0.05) is 11.5 Å². The highest BCUT2D eigenvalue weighted by Crippen LogP contribution is 2.29. The van der Waals surface area contributed by atoms with Crippen LogP contribution in [-0.4, -0.2) is 19.3 Å². The fourth-order valence-electron chi connectivity index (χ4n) is 2.35. The van der Waals surface area contributed by atoms with Crippen LogP contribution in [0.4, 0.5) is 0 Å². The highest BCUT2D eigenvalue weighted by atomic mass is 79.9. The molecule has 0 spiro atoms. The number of hydrogen-bond acceptors (Lipinski definition) is 2. The number of benzene rings is 1. The average Bonchev–Trinajstić information content (AvgIpc) is 2.87. The van der Waals surface area contributed by atoms with Crippen LogP contribution in [0.5, 0.6) is 0 Å². The van der Waals surface area contributed by atoms with Crippen LogP contribution in [0.15, 0.2) is 22.7 Å². The minimum Gasteiger partial charge on any atom is -0.327 e. The molecule has 0 saturated heterocycles. The van der Waals surface area contributed by atoms with Gasteiger partial charge in [-0.2, -0.15) is 5.10 Å². The molecule has 0 unspecified atom stereocenters. The first kappa shape index (κ1) is 13.9. The van der Waals surface area contributed by atoms with Crippen LogP contribution in [0.2, 0.25) is 5.02 Å². The van der Waals surface area contributed by atoms with Crippen LogP contribution in [0.25, 0.3) is 16.9 Å². The monoisotopic (exact) mass is 370 g/mol. The van der Waals surface area contributed by atoms with E-state index in [9.17, 15) is 0 Å². The molecule has 0 aliphatic rings. The first-order valence-corrected chi connectivity index (χ1v) is 7.73. The lowest BCUT2D eigenvalue weighted by Crippen LogP contribution is -2.01. The number of nitrogens with one attached hydrogen (secondary N) is 1. The molecule has 104 valence electrons. The molecular weight excluding hydrogens is 360 g/mol. The maximum atomic E-state index is 6.35. The lowest BCUT2D eigenvalue weighted by atomic mass is 10.3. The topological polar surface area (TPSA) is 38.5 Å². The van der Waals surface area contributed by atoms with E-state index in [1.165, 1.54) is 0 Å². The molecule has 0 aliphatic carbocycles. The van der Waals surface area contributed by atoms with E-state index < -0.39 is 0 Å². The van der Waals surface area contributed by atoms with Gasteiger partial charge in [-0.3, -0.25) is 4.57 Å². The van der Waals surface area contributed by atoms with Gasteiger partial charge in [0.25, 0.3) is 0 Å². The van der Waals surface area contributed by atoms with Crippen molar-refractivity contribution in [2.24, 2.45) is 7.05 Å². The molecule has 4 nitrogen and oxygen atoms in total. The van der Waals surface area contributed by atoms with Gasteiger partial charge in [0.1, 0.15) is 5.52 Å². The second kappa shape index (κ2) is 5.02. The van der Waals surface area contributed by atoms with Gasteiger partial charge in [-0.1, -0.05) is 34.5 Å². The van der Waals surface area contributed by atoms with Gasteiger partial charge < -0.3 is 4.98 Å². The molecule has 0 bridgehead atoms. The molecular formula is C13H12BrClN4S. The van der Waals surface area contributed by atoms with Crippen molar-refractivity contribution in [3.63, 3.8) is 0 Å². The summed E-state index contributed by atoms with van der Waals surface area (Å²) in [5.74, 6) is 0. The molecule has 0 saturated carbocycles. The first-order valence-electron chi connectivity index (χ1n) is 6.15. The van der Waals surface area contributed by atoms with Crippen LogP contribution in [-0.2, 0) is 13.5 Å². The van der Waals surface area contributed by atoms with Gasteiger partial charge in [0.05, 0.1) is 16.4 Å². The maximum absolute atomic E-state index is 6.35. The number of nitrogens with zero attached hydrogens (tertiary/aromatic N) is 3. The third kappa shape index (κ3) is 2.03. The van der Waals surface area contributed by atoms with Crippen LogP contribution < -0.4 is 0 Å². The van der Waals surface area contributed by atoms with Gasteiger partial charge in [-0.25, -0.2) is 4.68 Å². The smallest absolute Gasteiger partial charge is 0.184 e. The van der Waals surface area contributed by atoms with Gasteiger partial charge >= 0.3 is 0 Å². The van der Waals surface area contributed by atoms with E-state index >= 15 is 0 Å². The molecule has 2 aromatic heterocycles. The van der Waals surface area contributed by atoms with E-state index in [1.807, 2.05) is 34.5 Å². The Morgan fingerprint density at radius 1 is 1.45 bits per heavy atom. The summed E-state index contributed by atoms with van der Waals surface area (Å²) in [6.07, 6.45) is 0.848. The van der Waals surface area contributed by atoms with Crippen molar-refractivity contribution in [2.75, 3.05) is 0 Å². The Bertz CT molecular complexity index is 861. The van der Waals surface area contributed by atoms with E-state index in [2.05, 4.69) is 32.9 Å². The summed E-state index contributed by atoms with van der Waals surface area (Å²) in [6.45, 7) is 2.07. The molecule has 0 fully saturated rings. The fraction of sp³-hybridized carbons (Fsp3) is 0.231. The zero-order chi connectivity index (χ0) is 14.4. The lowest BCUT2D eigenvalue weighted by Gasteiger charge is -2.07. The number of hydrogen-bond donors (Lipinski definition) is 1. The minimum atomic E-state index is 0.618. The molecule has 3 aromatic rings. The van der Waals surface area contributed by atoms with Gasteiger partial charge in [-0.05, 0) is 36.8 Å². The predicted molar refractivity (Wildman–Crippen MR) is 87.3 cm³/mol. The second-order valence-corrected chi connectivity index (χ2v) is 6.19. The number of imidazole rings is 1. The lowest BCUT2D eigenvalue weighted by molar-refractivity contribution is 0.748. The number of fused-ring (bicyclic) bond motifs is 1. The summed E-state index contributed by atoms with van der Waals surface area (Å²) in [5.41, 5.74) is 3.74. The SMILES string of the molecule is CCc1nn(C)c2c1[nH]c(=S)n2-c1ccc(Br)cc1Cl. The quantitative estimate of drug-likeness (QED) is 0.678. The molecule has 0 aliphatic heterocycles. The molecule has 7 heteroatoms. The largest absolute Gasteiger partial charge is 0.327 e. The average molecular weight is 372 g/mol. The Morgan fingerprint density at radius 2 is 2.20 bits per heavy atom. The Balaban J connectivity index is 2.39. The Labute approximate surface area is 134 Å². The summed E-state index contributed by atoms with van der Waals surface area (Å²) in [7, 11) is 1.91. The van der Waals surface area contributed by atoms with Crippen molar-refractivity contribution < 1.29 is 0 Å². The zero-order valence-corrected chi connectivity index (χ0v) is 14.1. The van der Waals surface area contributed by atoms with Crippen LogP contribution in [0.1, 0.15) is 12.6 Å². The van der Waals surface area contributed by atoms with Crippen molar-refractivity contribution in [3.8, 4) is 5.69 Å². The van der Waals surface area contributed by atoms with E-state index in [-0.39, 0.29) is 0 Å². The van der Waals surface area contributed by atoms with Crippen LogP contribution in [0, 0.1) is 4.77 Å². The van der Waals surface area contributed by atoms with Crippen molar-refractivity contribution >= 4 is 50.9 Å². The van der Waals surface area contributed by atoms with Crippen LogP contribution in [0.3, 0.4) is 0 Å². The van der Waals surface area contributed by atoms with E-state index in [0.717, 1.165) is 33.4 Å². The first-order chi connectivity index (χ1) is 9.52. The van der Waals surface area contributed by atoms with Crippen molar-refractivity contribution in [3.05, 3.63) is 38.2 Å². The molecule has 1 N–H and O–H groups in total. The van der Waals surface area contributed by atoms with Crippen molar-refractivity contribution in [1.29, 1.82) is 0 Å². The Morgan fingerprint density at radius 3 is 2.85 bits per heavy atom. The van der Waals surface area contributed by atoms with Crippen molar-refractivity contribution in [2.45, 2.75) is 13.3 Å². The highest BCUT2D eigenvalue weighted by Gasteiger charge is 2.16. The van der Waals surface area contributed by atoms with Gasteiger partial charge in [-0.15, -0.1) is 0 Å². The summed E-state index contributed by atoms with van der Waals surface area (Å²) in [6, 6.07) is 5.74. The fourth-order valence-corrected chi connectivity index (χ4v) is 3.39. The zero-order valence-electron chi connectivity index (χ0n) is 10.9. The number of aromatic amines is 1. The molecule has 20 heavy (non-hydrogen) atoms. The van der Waals surface area contributed by atoms with E-state index in [4.69, 9.17) is 23.8 Å². The normalized spacial score (nSPS) is 11.4. The number of aromatic nitrogens is 4. The number of aryl methyl sites for hydroxylation is 2. The number of rotatable bonds is 2. The second-order valence-electron chi connectivity index (χ2n) is 4.48. The highest BCUT2D eigenvalue weighted by molar-refractivity contribution is 9.10. The molecule has 2 heterocycles. The maximum Gasteiger partial charge on any atom is 0.184 e. The summed E-state index contributed by atoms with van der Waals surface area (Å²) in [5, 5.41) is 5.14. The Kier molecular flexibility index (Phi) is 3.48. The third-order valence-corrected chi connectivity index (χ3v) is 4.30. The molecule has 0 atom stereocenters. The molecule has 1 aromatic carbocycles. The summed E-state index contributed by atoms with van der Waals surface area (Å²) in [4.78, 5) is 3.23. The van der Waals surface area contributed by atoms with Gasteiger partial charge in [0.15, 0.2) is 10.4 Å². The minimum absolute atomic E-state index is 0.618. The van der Waals surface area contributed by atoms with E-state index in [1.54, 1.807) is 0 Å². The van der Waals surface area contributed by atoms with Gasteiger partial charge in [0.2, 0.25) is 0 Å². The standard InChI is InChI=1S/C13H12BrClN4S/c1-3-9-11-12(18(2)17-9)19(13(20)16-11)10-5-4-7(14)6-8(10)15/h4-6H,3H2,1-2H3,(H,16,20). The molecule has 0 radical (unpaired) electrons. The third-order valence-electron chi connectivity index (χ3n) is 3.22. The number of H-pyrrole nitrogens is 1. The summed E-state index contributed by atoms with van der Waals surface area (Å²) >= 11 is 15.2. The summed E-state index contributed by atoms with van der Waals surface area (Å²) < 4.78 is 5.31. The van der Waals surface area contributed by atoms with E-state index in [0.29, 0.717) is 9.79 Å². The van der Waals surface area contributed by atoms with Crippen molar-refractivity contribution in [1.82, 2.24) is 19.3 Å². The number of halogens is 2. The Hall–Kier alpha value is -1.11. The molecule has 0 amide bonds. The molecule has 3 rings (SSSR count). The predicted octanol–water partition coefficient (Wildman–Crippen LogP) is 4.40. The van der Waals surface area contributed by atoms with Crippen LogP contribution >= 0.6 is 39.7 Å².